The van der Waals surface area contributed by atoms with Crippen molar-refractivity contribution in [1.29, 1.82) is 0 Å². The molecular formula is C10H20N2. The predicted octanol–water partition coefficient (Wildman–Crippen LogP) is 1.36. The maximum atomic E-state index is 3.36. The highest BCUT2D eigenvalue weighted by Gasteiger charge is 2.16. The Hall–Kier alpha value is -0.340. The first-order valence-electron chi connectivity index (χ1n) is 4.90. The number of allylic oxidation sites excluding steroid dienone is 1. The molecule has 0 aromatic carbocycles. The number of nitrogens with one attached hydrogen (secondary N) is 2. The summed E-state index contributed by atoms with van der Waals surface area (Å²) in [5.41, 5.74) is 0. The van der Waals surface area contributed by atoms with E-state index in [9.17, 15) is 0 Å². The highest BCUT2D eigenvalue weighted by molar-refractivity contribution is 5.01. The second-order valence-electron chi connectivity index (χ2n) is 3.53. The van der Waals surface area contributed by atoms with E-state index in [0.29, 0.717) is 0 Å². The third-order valence-electron chi connectivity index (χ3n) is 2.49. The average Bonchev–Trinajstić information content (AvgIpc) is 2.53. The van der Waals surface area contributed by atoms with Gasteiger partial charge in [-0.2, -0.15) is 0 Å². The van der Waals surface area contributed by atoms with Gasteiger partial charge in [-0.3, -0.25) is 0 Å². The molecule has 0 bridgehead atoms. The Bertz CT molecular complexity index is 143. The molecule has 2 unspecified atom stereocenters. The smallest absolute Gasteiger partial charge is 0.0451 e. The molecule has 0 saturated heterocycles. The van der Waals surface area contributed by atoms with E-state index in [1.54, 1.807) is 0 Å². The minimum Gasteiger partial charge on any atom is -0.308 e. The Balaban J connectivity index is 2.08. The molecule has 0 heterocycles. The van der Waals surface area contributed by atoms with Gasteiger partial charge in [-0.05, 0) is 31.7 Å². The summed E-state index contributed by atoms with van der Waals surface area (Å²) in [6, 6.07) is 0. The van der Waals surface area contributed by atoms with Crippen LogP contribution in [0.25, 0.3) is 0 Å². The van der Waals surface area contributed by atoms with Crippen LogP contribution in [0.3, 0.4) is 0 Å². The van der Waals surface area contributed by atoms with Gasteiger partial charge in [0, 0.05) is 13.2 Å². The summed E-state index contributed by atoms with van der Waals surface area (Å²) in [6.45, 7) is 4.30. The van der Waals surface area contributed by atoms with E-state index >= 15 is 0 Å². The molecule has 2 heteroatoms. The molecule has 2 N–H and O–H groups in total. The molecule has 0 spiro atoms. The third-order valence-corrected chi connectivity index (χ3v) is 2.49. The lowest BCUT2D eigenvalue weighted by Gasteiger charge is -2.11. The van der Waals surface area contributed by atoms with Crippen LogP contribution < -0.4 is 10.6 Å². The normalized spacial score (nSPS) is 28.2. The third kappa shape index (κ3) is 2.95. The molecule has 1 aliphatic rings. The summed E-state index contributed by atoms with van der Waals surface area (Å²) in [6.07, 6.45) is 7.36. The van der Waals surface area contributed by atoms with Crippen molar-refractivity contribution in [2.24, 2.45) is 11.8 Å². The van der Waals surface area contributed by atoms with Crippen molar-refractivity contribution in [3.8, 4) is 0 Å². The van der Waals surface area contributed by atoms with E-state index in [4.69, 9.17) is 0 Å². The summed E-state index contributed by atoms with van der Waals surface area (Å²) in [7, 11) is 1.96. The Morgan fingerprint density at radius 1 is 1.33 bits per heavy atom. The van der Waals surface area contributed by atoms with E-state index in [1.807, 2.05) is 7.05 Å². The Morgan fingerprint density at radius 2 is 2.08 bits per heavy atom. The molecule has 0 amide bonds. The van der Waals surface area contributed by atoms with Gasteiger partial charge >= 0.3 is 0 Å². The summed E-state index contributed by atoms with van der Waals surface area (Å²) in [4.78, 5) is 0. The van der Waals surface area contributed by atoms with Crippen molar-refractivity contribution in [3.05, 3.63) is 12.2 Å². The Morgan fingerprint density at radius 3 is 2.67 bits per heavy atom. The molecule has 0 radical (unpaired) electrons. The first-order valence-corrected chi connectivity index (χ1v) is 4.90. The van der Waals surface area contributed by atoms with E-state index in [0.717, 1.165) is 25.0 Å². The van der Waals surface area contributed by atoms with Gasteiger partial charge in [0.2, 0.25) is 0 Å². The monoisotopic (exact) mass is 168 g/mol. The first kappa shape index (κ1) is 9.75. The molecule has 0 fully saturated rings. The summed E-state index contributed by atoms with van der Waals surface area (Å²) < 4.78 is 0. The van der Waals surface area contributed by atoms with E-state index in [2.05, 4.69) is 29.7 Å². The molecule has 70 valence electrons. The highest BCUT2D eigenvalue weighted by Crippen LogP contribution is 2.24. The zero-order valence-corrected chi connectivity index (χ0v) is 8.14. The maximum absolute atomic E-state index is 3.36. The zero-order chi connectivity index (χ0) is 8.81. The van der Waals surface area contributed by atoms with Crippen molar-refractivity contribution >= 4 is 0 Å². The fourth-order valence-electron chi connectivity index (χ4n) is 1.70. The fraction of sp³-hybridized carbons (Fsp3) is 0.800. The topological polar surface area (TPSA) is 24.1 Å². The second kappa shape index (κ2) is 5.33. The lowest BCUT2D eigenvalue weighted by molar-refractivity contribution is 0.473. The van der Waals surface area contributed by atoms with Crippen LogP contribution in [-0.4, -0.2) is 20.3 Å². The van der Waals surface area contributed by atoms with Crippen LogP contribution in [0.4, 0.5) is 0 Å². The van der Waals surface area contributed by atoms with E-state index < -0.39 is 0 Å². The molecular weight excluding hydrogens is 148 g/mol. The van der Waals surface area contributed by atoms with Crippen LogP contribution in [0.5, 0.6) is 0 Å². The van der Waals surface area contributed by atoms with Crippen molar-refractivity contribution in [1.82, 2.24) is 10.6 Å². The van der Waals surface area contributed by atoms with Crippen LogP contribution in [0.15, 0.2) is 12.2 Å². The first-order chi connectivity index (χ1) is 5.86. The fourth-order valence-corrected chi connectivity index (χ4v) is 1.70. The minimum atomic E-state index is 0.767. The van der Waals surface area contributed by atoms with Crippen molar-refractivity contribution in [3.63, 3.8) is 0 Å². The molecule has 0 aromatic heterocycles. The number of hydrogen-bond donors (Lipinski definition) is 2. The van der Waals surface area contributed by atoms with Crippen LogP contribution in [-0.2, 0) is 0 Å². The van der Waals surface area contributed by atoms with Crippen LogP contribution in [0.2, 0.25) is 0 Å². The minimum absolute atomic E-state index is 0.767. The highest BCUT2D eigenvalue weighted by atomic mass is 15.0. The van der Waals surface area contributed by atoms with Gasteiger partial charge in [0.15, 0.2) is 0 Å². The molecule has 2 nitrogen and oxygen atoms in total. The summed E-state index contributed by atoms with van der Waals surface area (Å²) in [5.74, 6) is 1.61. The average molecular weight is 168 g/mol. The van der Waals surface area contributed by atoms with Crippen LogP contribution in [0, 0.1) is 11.8 Å². The van der Waals surface area contributed by atoms with Crippen LogP contribution in [0.1, 0.15) is 19.8 Å². The lowest BCUT2D eigenvalue weighted by Crippen LogP contribution is -2.29. The predicted molar refractivity (Wildman–Crippen MR) is 53.0 cm³/mol. The molecule has 0 saturated carbocycles. The molecule has 12 heavy (non-hydrogen) atoms. The Labute approximate surface area is 75.4 Å². The zero-order valence-electron chi connectivity index (χ0n) is 8.14. The largest absolute Gasteiger partial charge is 0.308 e. The second-order valence-corrected chi connectivity index (χ2v) is 3.53. The van der Waals surface area contributed by atoms with Crippen molar-refractivity contribution in [2.45, 2.75) is 19.8 Å². The van der Waals surface area contributed by atoms with Crippen LogP contribution >= 0.6 is 0 Å². The van der Waals surface area contributed by atoms with Gasteiger partial charge in [0.25, 0.3) is 0 Å². The van der Waals surface area contributed by atoms with Gasteiger partial charge in [-0.15, -0.1) is 0 Å². The number of hydrogen-bond acceptors (Lipinski definition) is 2. The summed E-state index contributed by atoms with van der Waals surface area (Å²) in [5, 5.41) is 6.44. The standard InChI is InChI=1S/C10H20N2/c1-3-9-4-5-10(6-9)7-12-8-11-2/h4-5,9-12H,3,6-8H2,1-2H3. The molecule has 0 aromatic rings. The lowest BCUT2D eigenvalue weighted by atomic mass is 10.0. The van der Waals surface area contributed by atoms with Gasteiger partial charge in [0.1, 0.15) is 0 Å². The summed E-state index contributed by atoms with van der Waals surface area (Å²) >= 11 is 0. The van der Waals surface area contributed by atoms with Gasteiger partial charge < -0.3 is 10.6 Å². The Kier molecular flexibility index (Phi) is 4.33. The molecule has 2 atom stereocenters. The SMILES string of the molecule is CCC1C=CC(CNCNC)C1. The van der Waals surface area contributed by atoms with E-state index in [1.165, 1.54) is 12.8 Å². The molecule has 1 aliphatic carbocycles. The van der Waals surface area contributed by atoms with Gasteiger partial charge in [0.05, 0.1) is 0 Å². The van der Waals surface area contributed by atoms with Crippen molar-refractivity contribution < 1.29 is 0 Å². The van der Waals surface area contributed by atoms with Gasteiger partial charge in [-0.1, -0.05) is 19.1 Å². The molecule has 0 aliphatic heterocycles. The number of rotatable bonds is 5. The van der Waals surface area contributed by atoms with Gasteiger partial charge in [-0.25, -0.2) is 0 Å². The van der Waals surface area contributed by atoms with E-state index in [-0.39, 0.29) is 0 Å². The quantitative estimate of drug-likeness (QED) is 0.368. The molecule has 1 rings (SSSR count). The van der Waals surface area contributed by atoms with Crippen molar-refractivity contribution in [2.75, 3.05) is 20.3 Å². The maximum Gasteiger partial charge on any atom is 0.0451 e.